The van der Waals surface area contributed by atoms with Crippen LogP contribution < -0.4 is 10.9 Å². The molecule has 1 aliphatic rings. The minimum Gasteiger partial charge on any atom is -0.348 e. The Morgan fingerprint density at radius 1 is 1.21 bits per heavy atom. The zero-order valence-corrected chi connectivity index (χ0v) is 18.6. The maximum absolute atomic E-state index is 13.6. The molecule has 1 aliphatic heterocycles. The number of benzene rings is 1. The lowest BCUT2D eigenvalue weighted by Crippen LogP contribution is -2.41. The van der Waals surface area contributed by atoms with Crippen LogP contribution in [-0.4, -0.2) is 38.4 Å². The summed E-state index contributed by atoms with van der Waals surface area (Å²) in [5.74, 6) is -2.26. The van der Waals surface area contributed by atoms with Gasteiger partial charge in [0.1, 0.15) is 11.7 Å². The minimum atomic E-state index is -2.60. The molecule has 1 saturated heterocycles. The highest BCUT2D eigenvalue weighted by Crippen LogP contribution is 2.28. The maximum Gasteiger partial charge on any atom is 0.260 e. The van der Waals surface area contributed by atoms with Crippen molar-refractivity contribution in [2.24, 2.45) is 0 Å². The van der Waals surface area contributed by atoms with Crippen LogP contribution in [-0.2, 0) is 6.54 Å². The molecule has 2 atom stereocenters. The van der Waals surface area contributed by atoms with Gasteiger partial charge >= 0.3 is 0 Å². The molecule has 0 spiro atoms. The zero-order valence-electron chi connectivity index (χ0n) is 18.6. The number of pyridine rings is 1. The van der Waals surface area contributed by atoms with Crippen molar-refractivity contribution in [2.45, 2.75) is 51.2 Å². The Hall–Kier alpha value is -3.38. The minimum absolute atomic E-state index is 0.0337. The van der Waals surface area contributed by atoms with E-state index < -0.39 is 12.0 Å². The Labute approximate surface area is 190 Å². The first kappa shape index (κ1) is 22.8. The van der Waals surface area contributed by atoms with E-state index in [0.29, 0.717) is 36.5 Å². The molecule has 1 unspecified atom stereocenters. The molecule has 0 bridgehead atoms. The monoisotopic (exact) mass is 452 g/mol. The van der Waals surface area contributed by atoms with Gasteiger partial charge in [0, 0.05) is 30.6 Å². The summed E-state index contributed by atoms with van der Waals surface area (Å²) < 4.78 is 28.6. The van der Waals surface area contributed by atoms with E-state index in [2.05, 4.69) is 21.4 Å². The van der Waals surface area contributed by atoms with Gasteiger partial charge in [-0.05, 0) is 44.0 Å². The third kappa shape index (κ3) is 5.17. The molecule has 1 N–H and O–H groups in total. The molecule has 3 heterocycles. The van der Waals surface area contributed by atoms with Gasteiger partial charge < -0.3 is 5.32 Å². The van der Waals surface area contributed by atoms with Crippen molar-refractivity contribution in [3.63, 3.8) is 0 Å². The molecule has 0 saturated carbocycles. The number of halogens is 2. The Morgan fingerprint density at radius 2 is 1.97 bits per heavy atom. The van der Waals surface area contributed by atoms with E-state index in [1.165, 1.54) is 10.6 Å². The first-order chi connectivity index (χ1) is 15.8. The standard InChI is InChI=1S/C24H26F2N6O/c1-16(12-27)32-21(33)9-8-20-13-28-23(30-22(20)32)29-17(2)19-6-4-18(5-7-19)14-31-11-3-10-24(25,26)15-31/h4-9,13,16-17H,3,10-11,14-15H2,1-2H3,(H,28,29,30)/t16?,17-/m0/s1. The number of nitrogens with zero attached hydrogens (tertiary/aromatic N) is 5. The second-order valence-electron chi connectivity index (χ2n) is 8.60. The summed E-state index contributed by atoms with van der Waals surface area (Å²) in [5, 5.41) is 13.2. The molecule has 1 fully saturated rings. The molecule has 1 aromatic carbocycles. The van der Waals surface area contributed by atoms with Gasteiger partial charge in [-0.15, -0.1) is 0 Å². The van der Waals surface area contributed by atoms with Gasteiger partial charge in [-0.25, -0.2) is 13.8 Å². The predicted octanol–water partition coefficient (Wildman–Crippen LogP) is 4.28. The number of alkyl halides is 2. The lowest BCUT2D eigenvalue weighted by Gasteiger charge is -2.32. The second-order valence-corrected chi connectivity index (χ2v) is 8.60. The fourth-order valence-electron chi connectivity index (χ4n) is 4.17. The molecule has 0 radical (unpaired) electrons. The average molecular weight is 453 g/mol. The number of nitrogens with one attached hydrogen (secondary N) is 1. The van der Waals surface area contributed by atoms with Gasteiger partial charge in [0.2, 0.25) is 5.95 Å². The molecule has 4 rings (SSSR count). The van der Waals surface area contributed by atoms with Gasteiger partial charge in [0.15, 0.2) is 0 Å². The Balaban J connectivity index is 1.48. The van der Waals surface area contributed by atoms with E-state index in [9.17, 15) is 18.8 Å². The topological polar surface area (TPSA) is 86.8 Å². The number of rotatable bonds is 6. The third-order valence-electron chi connectivity index (χ3n) is 5.94. The molecule has 9 heteroatoms. The SMILES string of the molecule is CC(C#N)n1c(=O)ccc2cnc(N[C@@H](C)c3ccc(CN4CCCC(F)(F)C4)cc3)nc21. The van der Waals surface area contributed by atoms with Gasteiger partial charge in [-0.1, -0.05) is 24.3 Å². The second kappa shape index (κ2) is 9.24. The van der Waals surface area contributed by atoms with Crippen molar-refractivity contribution in [1.82, 2.24) is 19.4 Å². The van der Waals surface area contributed by atoms with Crippen LogP contribution in [0.2, 0.25) is 0 Å². The molecule has 33 heavy (non-hydrogen) atoms. The number of hydrogen-bond donors (Lipinski definition) is 1. The molecule has 2 aromatic heterocycles. The summed E-state index contributed by atoms with van der Waals surface area (Å²) in [6.07, 6.45) is 2.10. The molecular formula is C24H26F2N6O. The van der Waals surface area contributed by atoms with Crippen LogP contribution in [0.15, 0.2) is 47.4 Å². The number of hydrogen-bond acceptors (Lipinski definition) is 6. The van der Waals surface area contributed by atoms with Crippen LogP contribution in [0.4, 0.5) is 14.7 Å². The number of aromatic nitrogens is 3. The van der Waals surface area contributed by atoms with Gasteiger partial charge in [0.25, 0.3) is 11.5 Å². The van der Waals surface area contributed by atoms with E-state index in [-0.39, 0.29) is 24.6 Å². The Kier molecular flexibility index (Phi) is 6.38. The van der Waals surface area contributed by atoms with Crippen molar-refractivity contribution >= 4 is 17.0 Å². The molecule has 7 nitrogen and oxygen atoms in total. The average Bonchev–Trinajstić information content (AvgIpc) is 2.78. The number of likely N-dealkylation sites (tertiary alicyclic amines) is 1. The van der Waals surface area contributed by atoms with Crippen molar-refractivity contribution in [1.29, 1.82) is 5.26 Å². The molecule has 3 aromatic rings. The maximum atomic E-state index is 13.6. The summed E-state index contributed by atoms with van der Waals surface area (Å²) in [6, 6.07) is 12.2. The van der Waals surface area contributed by atoms with Crippen LogP contribution in [0.1, 0.15) is 49.9 Å². The number of anilines is 1. The van der Waals surface area contributed by atoms with E-state index in [0.717, 1.165) is 11.1 Å². The summed E-state index contributed by atoms with van der Waals surface area (Å²) in [5.41, 5.74) is 2.08. The number of piperidine rings is 1. The molecular weight excluding hydrogens is 426 g/mol. The molecule has 172 valence electrons. The predicted molar refractivity (Wildman–Crippen MR) is 122 cm³/mol. The first-order valence-corrected chi connectivity index (χ1v) is 11.0. The van der Waals surface area contributed by atoms with Crippen molar-refractivity contribution in [3.05, 3.63) is 64.1 Å². The number of fused-ring (bicyclic) bond motifs is 1. The highest BCUT2D eigenvalue weighted by atomic mass is 19.3. The van der Waals surface area contributed by atoms with Gasteiger partial charge in [0.05, 0.1) is 18.7 Å². The van der Waals surface area contributed by atoms with Crippen LogP contribution >= 0.6 is 0 Å². The fourth-order valence-corrected chi connectivity index (χ4v) is 4.17. The highest BCUT2D eigenvalue weighted by Gasteiger charge is 2.34. The van der Waals surface area contributed by atoms with E-state index in [4.69, 9.17) is 0 Å². The number of nitriles is 1. The first-order valence-electron chi connectivity index (χ1n) is 11.0. The van der Waals surface area contributed by atoms with Gasteiger partial charge in [-0.3, -0.25) is 14.3 Å². The molecule has 0 aliphatic carbocycles. The van der Waals surface area contributed by atoms with E-state index >= 15 is 0 Å². The Morgan fingerprint density at radius 3 is 2.67 bits per heavy atom. The fraction of sp³-hybridized carbons (Fsp3) is 0.417. The van der Waals surface area contributed by atoms with E-state index in [1.807, 2.05) is 31.2 Å². The normalized spacial score (nSPS) is 17.9. The Bertz CT molecular complexity index is 1230. The van der Waals surface area contributed by atoms with Crippen molar-refractivity contribution in [2.75, 3.05) is 18.4 Å². The lowest BCUT2D eigenvalue weighted by molar-refractivity contribution is -0.0661. The summed E-state index contributed by atoms with van der Waals surface area (Å²) >= 11 is 0. The largest absolute Gasteiger partial charge is 0.348 e. The summed E-state index contributed by atoms with van der Waals surface area (Å²) in [4.78, 5) is 22.9. The van der Waals surface area contributed by atoms with Crippen molar-refractivity contribution in [3.8, 4) is 6.07 Å². The smallest absolute Gasteiger partial charge is 0.260 e. The van der Waals surface area contributed by atoms with Crippen LogP contribution in [0.5, 0.6) is 0 Å². The third-order valence-corrected chi connectivity index (χ3v) is 5.94. The summed E-state index contributed by atoms with van der Waals surface area (Å²) in [6.45, 7) is 4.60. The molecule has 0 amide bonds. The van der Waals surface area contributed by atoms with Gasteiger partial charge in [-0.2, -0.15) is 10.2 Å². The summed E-state index contributed by atoms with van der Waals surface area (Å²) in [7, 11) is 0. The highest BCUT2D eigenvalue weighted by molar-refractivity contribution is 5.75. The van der Waals surface area contributed by atoms with Crippen LogP contribution in [0, 0.1) is 11.3 Å². The van der Waals surface area contributed by atoms with E-state index in [1.54, 1.807) is 24.1 Å². The van der Waals surface area contributed by atoms with Crippen LogP contribution in [0.25, 0.3) is 11.0 Å². The van der Waals surface area contributed by atoms with Crippen molar-refractivity contribution < 1.29 is 8.78 Å². The zero-order chi connectivity index (χ0) is 23.6. The lowest BCUT2D eigenvalue weighted by atomic mass is 10.0. The quantitative estimate of drug-likeness (QED) is 0.601. The van der Waals surface area contributed by atoms with Crippen LogP contribution in [0.3, 0.4) is 0 Å².